The summed E-state index contributed by atoms with van der Waals surface area (Å²) in [6.07, 6.45) is 0.575. The fourth-order valence-electron chi connectivity index (χ4n) is 3.25. The molecule has 0 aliphatic carbocycles. The van der Waals surface area contributed by atoms with Gasteiger partial charge in [0.25, 0.3) is 5.56 Å². The van der Waals surface area contributed by atoms with Crippen molar-refractivity contribution in [3.63, 3.8) is 0 Å². The number of nitrogens with zero attached hydrogens (tertiary/aromatic N) is 2. The lowest BCUT2D eigenvalue weighted by Crippen LogP contribution is -2.34. The molecule has 1 aromatic heterocycles. The fourth-order valence-corrected chi connectivity index (χ4v) is 3.25. The molecule has 4 aromatic rings. The second-order valence-electron chi connectivity index (χ2n) is 7.00. The summed E-state index contributed by atoms with van der Waals surface area (Å²) in [5.74, 6) is -0.595. The van der Waals surface area contributed by atoms with Crippen LogP contribution in [0.3, 0.4) is 0 Å². The Morgan fingerprint density at radius 2 is 1.70 bits per heavy atom. The highest BCUT2D eigenvalue weighted by molar-refractivity contribution is 5.86. The molecule has 0 aliphatic rings. The van der Waals surface area contributed by atoms with Gasteiger partial charge in [0.05, 0.1) is 5.69 Å². The minimum Gasteiger partial charge on any atom is -0.354 e. The molecule has 0 saturated heterocycles. The molecule has 0 bridgehead atoms. The molecule has 6 heteroatoms. The van der Waals surface area contributed by atoms with Gasteiger partial charge in [0.15, 0.2) is 0 Å². The van der Waals surface area contributed by atoms with E-state index >= 15 is 0 Å². The van der Waals surface area contributed by atoms with E-state index in [1.165, 1.54) is 18.2 Å². The molecule has 150 valence electrons. The van der Waals surface area contributed by atoms with Crippen molar-refractivity contribution in [2.24, 2.45) is 0 Å². The maximum Gasteiger partial charge on any atom is 0.267 e. The first-order valence-electron chi connectivity index (χ1n) is 9.67. The number of fused-ring (bicyclic) bond motifs is 1. The topological polar surface area (TPSA) is 64.0 Å². The zero-order valence-corrected chi connectivity index (χ0v) is 16.2. The zero-order chi connectivity index (χ0) is 20.9. The Hall–Kier alpha value is -3.80. The van der Waals surface area contributed by atoms with Crippen LogP contribution in [0.25, 0.3) is 22.0 Å². The molecule has 0 atom stereocenters. The fraction of sp³-hybridized carbons (Fsp3) is 0.125. The molecule has 1 heterocycles. The minimum absolute atomic E-state index is 0.163. The zero-order valence-electron chi connectivity index (χ0n) is 16.2. The summed E-state index contributed by atoms with van der Waals surface area (Å²) in [6.45, 7) is 0.229. The lowest BCUT2D eigenvalue weighted by atomic mass is 10.1. The lowest BCUT2D eigenvalue weighted by Gasteiger charge is -2.09. The van der Waals surface area contributed by atoms with Crippen LogP contribution in [0.5, 0.6) is 0 Å². The Labute approximate surface area is 172 Å². The Balaban J connectivity index is 1.44. The molecule has 0 radical (unpaired) electrons. The number of carbonyl (C=O) groups excluding carboxylic acids is 1. The highest BCUT2D eigenvalue weighted by Gasteiger charge is 2.08. The smallest absolute Gasteiger partial charge is 0.267 e. The average Bonchev–Trinajstić information content (AvgIpc) is 2.76. The molecular formula is C24H20FN3O2. The summed E-state index contributed by atoms with van der Waals surface area (Å²) in [5.41, 5.74) is 2.08. The number of nitrogens with one attached hydrogen (secondary N) is 1. The summed E-state index contributed by atoms with van der Waals surface area (Å²) in [5, 5.41) is 9.34. The third-order valence-corrected chi connectivity index (χ3v) is 4.85. The van der Waals surface area contributed by atoms with Crippen LogP contribution in [0.1, 0.15) is 5.56 Å². The number of hydrogen-bond acceptors (Lipinski definition) is 3. The van der Waals surface area contributed by atoms with Gasteiger partial charge in [0.2, 0.25) is 5.91 Å². The van der Waals surface area contributed by atoms with Crippen LogP contribution in [0.4, 0.5) is 4.39 Å². The minimum atomic E-state index is -0.340. The number of aromatic nitrogens is 2. The van der Waals surface area contributed by atoms with Crippen molar-refractivity contribution >= 4 is 16.7 Å². The molecule has 4 rings (SSSR count). The van der Waals surface area contributed by atoms with Gasteiger partial charge >= 0.3 is 0 Å². The number of rotatable bonds is 6. The van der Waals surface area contributed by atoms with Crippen molar-refractivity contribution < 1.29 is 9.18 Å². The second kappa shape index (κ2) is 8.69. The first kappa shape index (κ1) is 19.5. The van der Waals surface area contributed by atoms with Gasteiger partial charge in [-0.2, -0.15) is 5.10 Å². The molecule has 1 N–H and O–H groups in total. The summed E-state index contributed by atoms with van der Waals surface area (Å²) in [6, 6.07) is 23.2. The van der Waals surface area contributed by atoms with Gasteiger partial charge in [-0.3, -0.25) is 9.59 Å². The van der Waals surface area contributed by atoms with Crippen molar-refractivity contribution in [2.45, 2.75) is 13.0 Å². The molecule has 30 heavy (non-hydrogen) atoms. The van der Waals surface area contributed by atoms with Crippen molar-refractivity contribution in [3.05, 3.63) is 101 Å². The normalized spacial score (nSPS) is 10.8. The van der Waals surface area contributed by atoms with Gasteiger partial charge in [0, 0.05) is 18.2 Å². The number of halogens is 1. The molecule has 0 fully saturated rings. The van der Waals surface area contributed by atoms with Crippen LogP contribution < -0.4 is 10.9 Å². The molecule has 0 aliphatic heterocycles. The maximum absolute atomic E-state index is 12.9. The average molecular weight is 401 g/mol. The van der Waals surface area contributed by atoms with Crippen LogP contribution in [0.15, 0.2) is 83.7 Å². The third kappa shape index (κ3) is 4.60. The molecule has 0 spiro atoms. The summed E-state index contributed by atoms with van der Waals surface area (Å²) < 4.78 is 14.1. The van der Waals surface area contributed by atoms with Gasteiger partial charge in [-0.05, 0) is 47.0 Å². The number of amides is 1. The molecule has 0 unspecified atom stereocenters. The molecule has 5 nitrogen and oxygen atoms in total. The Morgan fingerprint density at radius 1 is 0.933 bits per heavy atom. The third-order valence-electron chi connectivity index (χ3n) is 4.85. The van der Waals surface area contributed by atoms with Gasteiger partial charge in [-0.1, -0.05) is 48.5 Å². The lowest BCUT2D eigenvalue weighted by molar-refractivity contribution is -0.121. The van der Waals surface area contributed by atoms with Crippen LogP contribution in [-0.4, -0.2) is 22.2 Å². The summed E-state index contributed by atoms with van der Waals surface area (Å²) in [7, 11) is 0. The van der Waals surface area contributed by atoms with Gasteiger partial charge in [0.1, 0.15) is 12.4 Å². The van der Waals surface area contributed by atoms with Crippen molar-refractivity contribution in [2.75, 3.05) is 6.54 Å². The number of carbonyl (C=O) groups is 1. The second-order valence-corrected chi connectivity index (χ2v) is 7.00. The van der Waals surface area contributed by atoms with Gasteiger partial charge in [-0.25, -0.2) is 9.07 Å². The van der Waals surface area contributed by atoms with E-state index in [-0.39, 0.29) is 23.8 Å². The van der Waals surface area contributed by atoms with E-state index in [1.54, 1.807) is 18.2 Å². The Bertz CT molecular complexity index is 1250. The predicted molar refractivity (Wildman–Crippen MR) is 115 cm³/mol. The van der Waals surface area contributed by atoms with E-state index in [9.17, 15) is 14.0 Å². The Morgan fingerprint density at radius 3 is 2.50 bits per heavy atom. The van der Waals surface area contributed by atoms with E-state index in [1.807, 2.05) is 42.5 Å². The van der Waals surface area contributed by atoms with Crippen LogP contribution in [0, 0.1) is 5.82 Å². The highest BCUT2D eigenvalue weighted by atomic mass is 19.1. The quantitative estimate of drug-likeness (QED) is 0.537. The van der Waals surface area contributed by atoms with Gasteiger partial charge < -0.3 is 5.32 Å². The van der Waals surface area contributed by atoms with E-state index in [0.29, 0.717) is 18.7 Å². The molecule has 3 aromatic carbocycles. The summed E-state index contributed by atoms with van der Waals surface area (Å²) in [4.78, 5) is 24.4. The van der Waals surface area contributed by atoms with Crippen LogP contribution in [0.2, 0.25) is 0 Å². The monoisotopic (exact) mass is 401 g/mol. The first-order valence-corrected chi connectivity index (χ1v) is 9.67. The van der Waals surface area contributed by atoms with Crippen molar-refractivity contribution in [1.82, 2.24) is 15.1 Å². The van der Waals surface area contributed by atoms with Crippen molar-refractivity contribution in [3.8, 4) is 11.3 Å². The van der Waals surface area contributed by atoms with E-state index in [4.69, 9.17) is 0 Å². The van der Waals surface area contributed by atoms with Crippen molar-refractivity contribution in [1.29, 1.82) is 0 Å². The highest BCUT2D eigenvalue weighted by Crippen LogP contribution is 2.22. The molecule has 0 saturated carbocycles. The largest absolute Gasteiger partial charge is 0.354 e. The maximum atomic E-state index is 12.9. The van der Waals surface area contributed by atoms with Crippen LogP contribution in [-0.2, 0) is 17.8 Å². The SMILES string of the molecule is O=C(Cn1nc(-c2ccc3ccccc3c2)ccc1=O)NCCc1ccc(F)cc1. The van der Waals surface area contributed by atoms with E-state index < -0.39 is 0 Å². The number of benzene rings is 3. The Kier molecular flexibility index (Phi) is 5.66. The summed E-state index contributed by atoms with van der Waals surface area (Å²) >= 11 is 0. The van der Waals surface area contributed by atoms with E-state index in [2.05, 4.69) is 10.4 Å². The molecular weight excluding hydrogens is 381 g/mol. The van der Waals surface area contributed by atoms with Gasteiger partial charge in [-0.15, -0.1) is 0 Å². The number of hydrogen-bond donors (Lipinski definition) is 1. The first-order chi connectivity index (χ1) is 14.6. The van der Waals surface area contributed by atoms with E-state index in [0.717, 1.165) is 26.6 Å². The standard InChI is InChI=1S/C24H20FN3O2/c25-21-9-5-17(6-10-21)13-14-26-23(29)16-28-24(30)12-11-22(27-28)20-8-7-18-3-1-2-4-19(18)15-20/h1-12,15H,13-14,16H2,(H,26,29). The van der Waals surface area contributed by atoms with Crippen LogP contribution >= 0.6 is 0 Å². The molecule has 1 amide bonds. The predicted octanol–water partition coefficient (Wildman–Crippen LogP) is 3.56.